The molecule has 0 bridgehead atoms. The van der Waals surface area contributed by atoms with E-state index in [0.717, 1.165) is 20.3 Å². The highest BCUT2D eigenvalue weighted by atomic mass is 127. The van der Waals surface area contributed by atoms with Crippen molar-refractivity contribution in [1.29, 1.82) is 5.26 Å². The molecule has 0 saturated carbocycles. The van der Waals surface area contributed by atoms with E-state index < -0.39 is 10.8 Å². The van der Waals surface area contributed by atoms with Crippen LogP contribution in [0.5, 0.6) is 11.5 Å². The van der Waals surface area contributed by atoms with Crippen molar-refractivity contribution in [1.82, 2.24) is 0 Å². The average Bonchev–Trinajstić information content (AvgIpc) is 2.81. The number of aryl methyl sites for hydroxylation is 2. The highest BCUT2D eigenvalue weighted by Gasteiger charge is 2.16. The summed E-state index contributed by atoms with van der Waals surface area (Å²) in [6, 6.07) is 17.1. The van der Waals surface area contributed by atoms with Crippen molar-refractivity contribution in [2.45, 2.75) is 27.4 Å². The molecule has 9 heteroatoms. The van der Waals surface area contributed by atoms with E-state index in [-0.39, 0.29) is 16.9 Å². The first kappa shape index (κ1) is 26.7. The zero-order valence-electron chi connectivity index (χ0n) is 20.0. The normalized spacial score (nSPS) is 10.9. The molecular formula is C27H24IN3O5. The lowest BCUT2D eigenvalue weighted by Crippen LogP contribution is -2.13. The number of nitriles is 1. The molecule has 36 heavy (non-hydrogen) atoms. The molecule has 1 N–H and O–H groups in total. The topological polar surface area (TPSA) is 114 Å². The van der Waals surface area contributed by atoms with Gasteiger partial charge >= 0.3 is 0 Å². The van der Waals surface area contributed by atoms with E-state index in [9.17, 15) is 20.2 Å². The summed E-state index contributed by atoms with van der Waals surface area (Å²) in [7, 11) is 0. The van der Waals surface area contributed by atoms with Gasteiger partial charge in [-0.3, -0.25) is 14.9 Å². The molecule has 0 spiro atoms. The van der Waals surface area contributed by atoms with Crippen LogP contribution in [0.4, 0.5) is 11.4 Å². The third kappa shape index (κ3) is 7.05. The van der Waals surface area contributed by atoms with Crippen molar-refractivity contribution in [2.24, 2.45) is 0 Å². The highest BCUT2D eigenvalue weighted by Crippen LogP contribution is 2.35. The van der Waals surface area contributed by atoms with Crippen LogP contribution in [0.1, 0.15) is 29.2 Å². The Balaban J connectivity index is 1.85. The lowest BCUT2D eigenvalue weighted by Gasteiger charge is -2.15. The van der Waals surface area contributed by atoms with Gasteiger partial charge in [-0.05, 0) is 78.8 Å². The summed E-state index contributed by atoms with van der Waals surface area (Å²) in [5.74, 6) is 0.394. The van der Waals surface area contributed by atoms with Gasteiger partial charge in [-0.15, -0.1) is 0 Å². The Morgan fingerprint density at radius 2 is 1.86 bits per heavy atom. The van der Waals surface area contributed by atoms with Crippen molar-refractivity contribution in [3.8, 4) is 17.6 Å². The molecule has 0 radical (unpaired) electrons. The molecule has 0 saturated heterocycles. The van der Waals surface area contributed by atoms with Crippen LogP contribution in [0.2, 0.25) is 0 Å². The van der Waals surface area contributed by atoms with Crippen LogP contribution in [0, 0.1) is 38.9 Å². The number of carbonyl (C=O) groups excluding carboxylic acids is 1. The second-order valence-corrected chi connectivity index (χ2v) is 9.14. The predicted molar refractivity (Wildman–Crippen MR) is 146 cm³/mol. The molecule has 184 valence electrons. The van der Waals surface area contributed by atoms with Gasteiger partial charge in [0.1, 0.15) is 18.2 Å². The van der Waals surface area contributed by atoms with E-state index >= 15 is 0 Å². The minimum atomic E-state index is -0.680. The number of rotatable bonds is 9. The number of hydrogen-bond acceptors (Lipinski definition) is 6. The van der Waals surface area contributed by atoms with Crippen LogP contribution in [-0.2, 0) is 11.4 Å². The SMILES string of the molecule is CCOc1cc(/C=C(\C#N)C(=O)Nc2cccc([N+](=O)[O-])c2)cc(I)c1OCc1cc(C)cc(C)c1. The second kappa shape index (κ2) is 12.2. The summed E-state index contributed by atoms with van der Waals surface area (Å²) in [5, 5.41) is 23.1. The van der Waals surface area contributed by atoms with Crippen molar-refractivity contribution in [3.05, 3.63) is 96.1 Å². The molecular weight excluding hydrogens is 573 g/mol. The average molecular weight is 597 g/mol. The van der Waals surface area contributed by atoms with Gasteiger partial charge in [-0.1, -0.05) is 35.4 Å². The van der Waals surface area contributed by atoms with Crippen molar-refractivity contribution >= 4 is 45.9 Å². The zero-order valence-corrected chi connectivity index (χ0v) is 22.2. The number of benzene rings is 3. The smallest absolute Gasteiger partial charge is 0.271 e. The first-order valence-corrected chi connectivity index (χ1v) is 12.1. The molecule has 0 fully saturated rings. The molecule has 3 aromatic rings. The Bertz CT molecular complexity index is 1360. The maximum absolute atomic E-state index is 12.7. The number of anilines is 1. The van der Waals surface area contributed by atoms with Crippen LogP contribution in [0.3, 0.4) is 0 Å². The van der Waals surface area contributed by atoms with E-state index in [1.807, 2.05) is 26.8 Å². The fourth-order valence-corrected chi connectivity index (χ4v) is 4.37. The number of halogens is 1. The first-order chi connectivity index (χ1) is 17.2. The Hall–Kier alpha value is -3.91. The molecule has 0 aliphatic heterocycles. The number of nitro groups is 1. The quantitative estimate of drug-likeness (QED) is 0.101. The summed E-state index contributed by atoms with van der Waals surface area (Å²) < 4.78 is 12.7. The van der Waals surface area contributed by atoms with Gasteiger partial charge in [0.25, 0.3) is 11.6 Å². The Labute approximate surface area is 222 Å². The van der Waals surface area contributed by atoms with E-state index in [0.29, 0.717) is 30.3 Å². The molecule has 3 aromatic carbocycles. The number of non-ortho nitro benzene ring substituents is 1. The highest BCUT2D eigenvalue weighted by molar-refractivity contribution is 14.1. The van der Waals surface area contributed by atoms with Crippen molar-refractivity contribution in [3.63, 3.8) is 0 Å². The van der Waals surface area contributed by atoms with Crippen LogP contribution in [0.15, 0.2) is 60.2 Å². The van der Waals surface area contributed by atoms with Crippen LogP contribution >= 0.6 is 22.6 Å². The first-order valence-electron chi connectivity index (χ1n) is 11.0. The van der Waals surface area contributed by atoms with Gasteiger partial charge in [0, 0.05) is 17.8 Å². The van der Waals surface area contributed by atoms with Crippen molar-refractivity contribution in [2.75, 3.05) is 11.9 Å². The maximum atomic E-state index is 12.7. The monoisotopic (exact) mass is 597 g/mol. The van der Waals surface area contributed by atoms with Gasteiger partial charge in [-0.2, -0.15) is 5.26 Å². The molecule has 1 amide bonds. The molecule has 3 rings (SSSR count). The van der Waals surface area contributed by atoms with E-state index in [1.165, 1.54) is 30.3 Å². The third-order valence-corrected chi connectivity index (χ3v) is 5.79. The largest absolute Gasteiger partial charge is 0.490 e. The lowest BCUT2D eigenvalue weighted by atomic mass is 10.1. The standard InChI is InChI=1S/C27H24IN3O5/c1-4-35-25-13-19(12-24(28)26(25)36-16-20-9-17(2)8-18(3)10-20)11-21(15-29)27(32)30-22-6-5-7-23(14-22)31(33)34/h5-14H,4,16H2,1-3H3,(H,30,32)/b21-11+. The van der Waals surface area contributed by atoms with Crippen LogP contribution in [0.25, 0.3) is 6.08 Å². The zero-order chi connectivity index (χ0) is 26.2. The Morgan fingerprint density at radius 1 is 1.14 bits per heavy atom. The van der Waals surface area contributed by atoms with Gasteiger partial charge in [-0.25, -0.2) is 0 Å². The molecule has 0 heterocycles. The van der Waals surface area contributed by atoms with E-state index in [2.05, 4.69) is 46.1 Å². The Kier molecular flexibility index (Phi) is 9.02. The number of nitro benzene ring substituents is 1. The summed E-state index contributed by atoms with van der Waals surface area (Å²) in [4.78, 5) is 23.1. The number of ether oxygens (including phenoxy) is 2. The summed E-state index contributed by atoms with van der Waals surface area (Å²) in [6.45, 7) is 6.70. The van der Waals surface area contributed by atoms with Crippen LogP contribution in [-0.4, -0.2) is 17.4 Å². The summed E-state index contributed by atoms with van der Waals surface area (Å²) in [6.07, 6.45) is 1.44. The van der Waals surface area contributed by atoms with E-state index in [1.54, 1.807) is 12.1 Å². The number of nitrogens with one attached hydrogen (secondary N) is 1. The summed E-state index contributed by atoms with van der Waals surface area (Å²) in [5.41, 5.74) is 3.82. The number of hydrogen-bond donors (Lipinski definition) is 1. The molecule has 0 aliphatic rings. The van der Waals surface area contributed by atoms with Crippen LogP contribution < -0.4 is 14.8 Å². The van der Waals surface area contributed by atoms with Gasteiger partial charge in [0.2, 0.25) is 0 Å². The second-order valence-electron chi connectivity index (χ2n) is 7.98. The molecule has 0 aliphatic carbocycles. The van der Waals surface area contributed by atoms with E-state index in [4.69, 9.17) is 9.47 Å². The number of amides is 1. The van der Waals surface area contributed by atoms with Crippen molar-refractivity contribution < 1.29 is 19.2 Å². The fraction of sp³-hybridized carbons (Fsp3) is 0.185. The predicted octanol–water partition coefficient (Wildman–Crippen LogP) is 6.34. The Morgan fingerprint density at radius 3 is 2.50 bits per heavy atom. The molecule has 0 aromatic heterocycles. The minimum absolute atomic E-state index is 0.163. The molecule has 0 unspecified atom stereocenters. The third-order valence-electron chi connectivity index (χ3n) is 4.99. The van der Waals surface area contributed by atoms with Gasteiger partial charge in [0.05, 0.1) is 15.1 Å². The lowest BCUT2D eigenvalue weighted by molar-refractivity contribution is -0.384. The van der Waals surface area contributed by atoms with Gasteiger partial charge in [0.15, 0.2) is 11.5 Å². The number of nitrogens with zero attached hydrogens (tertiary/aromatic N) is 2. The number of carbonyl (C=O) groups is 1. The minimum Gasteiger partial charge on any atom is -0.490 e. The molecule has 0 atom stereocenters. The molecule has 8 nitrogen and oxygen atoms in total. The fourth-order valence-electron chi connectivity index (χ4n) is 3.59. The van der Waals surface area contributed by atoms with Gasteiger partial charge < -0.3 is 14.8 Å². The summed E-state index contributed by atoms with van der Waals surface area (Å²) >= 11 is 2.13. The maximum Gasteiger partial charge on any atom is 0.271 e.